The van der Waals surface area contributed by atoms with E-state index in [1.807, 2.05) is 54.6 Å². The summed E-state index contributed by atoms with van der Waals surface area (Å²) in [5.41, 5.74) is 0. The van der Waals surface area contributed by atoms with Crippen molar-refractivity contribution in [1.29, 1.82) is 0 Å². The molecular weight excluding hydrogens is 232 g/mol. The van der Waals surface area contributed by atoms with Crippen molar-refractivity contribution in [3.8, 4) is 17.2 Å². The third kappa shape index (κ3) is 3.71. The summed E-state index contributed by atoms with van der Waals surface area (Å²) in [5, 5.41) is 0. The van der Waals surface area contributed by atoms with Gasteiger partial charge in [0.15, 0.2) is 0 Å². The number of benzene rings is 2. The maximum atomic E-state index is 5.67. The monoisotopic (exact) mass is 246 g/mol. The van der Waals surface area contributed by atoms with Crippen molar-refractivity contribution < 1.29 is 9.47 Å². The van der Waals surface area contributed by atoms with Gasteiger partial charge in [0.05, 0.1) is 6.61 Å². The second-order valence-electron chi connectivity index (χ2n) is 3.46. The molecule has 0 amide bonds. The maximum absolute atomic E-state index is 5.67. The van der Waals surface area contributed by atoms with E-state index in [1.165, 1.54) is 0 Å². The summed E-state index contributed by atoms with van der Waals surface area (Å²) in [4.78, 5) is 0. The normalized spacial score (nSPS) is 9.94. The zero-order valence-corrected chi connectivity index (χ0v) is 10.3. The third-order valence-corrected chi connectivity index (χ3v) is 2.35. The van der Waals surface area contributed by atoms with Crippen molar-refractivity contribution >= 4 is 12.6 Å². The van der Waals surface area contributed by atoms with E-state index < -0.39 is 0 Å². The predicted octanol–water partition coefficient (Wildman–Crippen LogP) is 3.79. The molecule has 0 spiro atoms. The average molecular weight is 246 g/mol. The van der Waals surface area contributed by atoms with Gasteiger partial charge in [-0.1, -0.05) is 18.2 Å². The summed E-state index contributed by atoms with van der Waals surface area (Å²) >= 11 is 4.09. The van der Waals surface area contributed by atoms with Gasteiger partial charge in [0, 0.05) is 5.75 Å². The summed E-state index contributed by atoms with van der Waals surface area (Å²) in [6.07, 6.45) is 0. The van der Waals surface area contributed by atoms with Crippen LogP contribution in [0.25, 0.3) is 0 Å². The molecule has 2 aromatic rings. The Balaban J connectivity index is 1.98. The molecule has 0 saturated heterocycles. The second-order valence-corrected chi connectivity index (χ2v) is 3.91. The highest BCUT2D eigenvalue weighted by atomic mass is 32.1. The Morgan fingerprint density at radius 1 is 0.765 bits per heavy atom. The fourth-order valence-electron chi connectivity index (χ4n) is 1.39. The van der Waals surface area contributed by atoms with E-state index >= 15 is 0 Å². The topological polar surface area (TPSA) is 18.5 Å². The first-order chi connectivity index (χ1) is 8.38. The molecule has 2 nitrogen and oxygen atoms in total. The molecule has 0 bridgehead atoms. The number of thiol groups is 1. The number of hydrogen-bond donors (Lipinski definition) is 1. The lowest BCUT2D eigenvalue weighted by Gasteiger charge is -2.07. The van der Waals surface area contributed by atoms with Crippen LogP contribution < -0.4 is 9.47 Å². The smallest absolute Gasteiger partial charge is 0.127 e. The van der Waals surface area contributed by atoms with E-state index in [1.54, 1.807) is 0 Å². The van der Waals surface area contributed by atoms with Crippen LogP contribution in [0.2, 0.25) is 0 Å². The average Bonchev–Trinajstić information content (AvgIpc) is 2.39. The molecule has 17 heavy (non-hydrogen) atoms. The van der Waals surface area contributed by atoms with Crippen molar-refractivity contribution in [2.24, 2.45) is 0 Å². The van der Waals surface area contributed by atoms with E-state index in [0.717, 1.165) is 17.2 Å². The van der Waals surface area contributed by atoms with Gasteiger partial charge in [0.2, 0.25) is 0 Å². The molecule has 3 heteroatoms. The van der Waals surface area contributed by atoms with E-state index in [2.05, 4.69) is 12.6 Å². The van der Waals surface area contributed by atoms with Crippen molar-refractivity contribution in [3.05, 3.63) is 54.6 Å². The summed E-state index contributed by atoms with van der Waals surface area (Å²) in [7, 11) is 0. The molecule has 2 aromatic carbocycles. The zero-order chi connectivity index (χ0) is 11.9. The Labute approximate surface area is 107 Å². The molecule has 0 unspecified atom stereocenters. The highest BCUT2D eigenvalue weighted by Crippen LogP contribution is 2.23. The van der Waals surface area contributed by atoms with Crippen LogP contribution in [0.1, 0.15) is 0 Å². The first kappa shape index (κ1) is 11.9. The highest BCUT2D eigenvalue weighted by Gasteiger charge is 1.97. The van der Waals surface area contributed by atoms with Gasteiger partial charge in [-0.25, -0.2) is 0 Å². The van der Waals surface area contributed by atoms with Gasteiger partial charge in [0.25, 0.3) is 0 Å². The van der Waals surface area contributed by atoms with Gasteiger partial charge >= 0.3 is 0 Å². The molecule has 0 aliphatic rings. The Bertz CT molecular complexity index is 440. The largest absolute Gasteiger partial charge is 0.493 e. The van der Waals surface area contributed by atoms with Crippen molar-refractivity contribution in [2.75, 3.05) is 12.4 Å². The predicted molar refractivity (Wildman–Crippen MR) is 72.3 cm³/mol. The first-order valence-electron chi connectivity index (χ1n) is 5.45. The maximum Gasteiger partial charge on any atom is 0.127 e. The first-order valence-corrected chi connectivity index (χ1v) is 6.08. The van der Waals surface area contributed by atoms with E-state index in [0.29, 0.717) is 12.4 Å². The molecule has 0 saturated carbocycles. The molecule has 0 heterocycles. The number of ether oxygens (including phenoxy) is 2. The molecule has 0 radical (unpaired) electrons. The minimum absolute atomic E-state index is 0.613. The fourth-order valence-corrected chi connectivity index (χ4v) is 1.48. The Hall–Kier alpha value is -1.61. The van der Waals surface area contributed by atoms with Crippen LogP contribution in [0.15, 0.2) is 54.6 Å². The molecule has 2 rings (SSSR count). The molecular formula is C14H14O2S. The van der Waals surface area contributed by atoms with Crippen molar-refractivity contribution in [3.63, 3.8) is 0 Å². The van der Waals surface area contributed by atoms with Gasteiger partial charge in [0.1, 0.15) is 17.2 Å². The minimum Gasteiger partial charge on any atom is -0.493 e. The van der Waals surface area contributed by atoms with Crippen LogP contribution in [-0.2, 0) is 0 Å². The molecule has 0 aliphatic carbocycles. The quantitative estimate of drug-likeness (QED) is 0.809. The highest BCUT2D eigenvalue weighted by molar-refractivity contribution is 7.80. The van der Waals surface area contributed by atoms with Crippen LogP contribution in [0.3, 0.4) is 0 Å². The van der Waals surface area contributed by atoms with E-state index in [-0.39, 0.29) is 0 Å². The number of para-hydroxylation sites is 1. The van der Waals surface area contributed by atoms with Crippen LogP contribution in [-0.4, -0.2) is 12.4 Å². The molecule has 88 valence electrons. The van der Waals surface area contributed by atoms with Gasteiger partial charge in [-0.15, -0.1) is 0 Å². The van der Waals surface area contributed by atoms with E-state index in [9.17, 15) is 0 Å². The van der Waals surface area contributed by atoms with Crippen molar-refractivity contribution in [2.45, 2.75) is 0 Å². The standard InChI is InChI=1S/C14H14O2S/c17-11-10-15-12-6-8-14(9-7-12)16-13-4-2-1-3-5-13/h1-9,17H,10-11H2. The number of hydrogen-bond acceptors (Lipinski definition) is 3. The summed E-state index contributed by atoms with van der Waals surface area (Å²) in [6.45, 7) is 0.613. The summed E-state index contributed by atoms with van der Waals surface area (Å²) in [5.74, 6) is 3.17. The minimum atomic E-state index is 0.613. The molecule has 0 fully saturated rings. The van der Waals surface area contributed by atoms with Gasteiger partial charge in [-0.05, 0) is 36.4 Å². The Morgan fingerprint density at radius 3 is 2.00 bits per heavy atom. The van der Waals surface area contributed by atoms with Gasteiger partial charge in [-0.3, -0.25) is 0 Å². The van der Waals surface area contributed by atoms with Crippen LogP contribution >= 0.6 is 12.6 Å². The van der Waals surface area contributed by atoms with Gasteiger partial charge in [-0.2, -0.15) is 12.6 Å². The molecule has 0 N–H and O–H groups in total. The lowest BCUT2D eigenvalue weighted by molar-refractivity contribution is 0.343. The van der Waals surface area contributed by atoms with Crippen LogP contribution in [0.5, 0.6) is 17.2 Å². The number of rotatable bonds is 5. The third-order valence-electron chi connectivity index (χ3n) is 2.16. The lowest BCUT2D eigenvalue weighted by Crippen LogP contribution is -1.97. The fraction of sp³-hybridized carbons (Fsp3) is 0.143. The van der Waals surface area contributed by atoms with Gasteiger partial charge < -0.3 is 9.47 Å². The SMILES string of the molecule is SCCOc1ccc(Oc2ccccc2)cc1. The Morgan fingerprint density at radius 2 is 1.35 bits per heavy atom. The molecule has 0 aliphatic heterocycles. The molecule has 0 aromatic heterocycles. The summed E-state index contributed by atoms with van der Waals surface area (Å²) < 4.78 is 11.1. The lowest BCUT2D eigenvalue weighted by atomic mass is 10.3. The second kappa shape index (κ2) is 6.21. The molecule has 0 atom stereocenters. The summed E-state index contributed by atoms with van der Waals surface area (Å²) in [6, 6.07) is 17.3. The van der Waals surface area contributed by atoms with Crippen LogP contribution in [0.4, 0.5) is 0 Å². The van der Waals surface area contributed by atoms with Crippen molar-refractivity contribution in [1.82, 2.24) is 0 Å². The van der Waals surface area contributed by atoms with E-state index in [4.69, 9.17) is 9.47 Å². The van der Waals surface area contributed by atoms with Crippen LogP contribution in [0, 0.1) is 0 Å². The Kier molecular flexibility index (Phi) is 4.33. The zero-order valence-electron chi connectivity index (χ0n) is 9.37.